The molecule has 6 nitrogen and oxygen atoms in total. The third-order valence-electron chi connectivity index (χ3n) is 3.60. The summed E-state index contributed by atoms with van der Waals surface area (Å²) in [6.07, 6.45) is 1.42. The van der Waals surface area contributed by atoms with Crippen molar-refractivity contribution in [3.8, 4) is 0 Å². The molecule has 0 fully saturated rings. The SMILES string of the molecule is O=C(OCC1=Cc2ccccc2S1(=O)=O)C(=O)OCc1ccccc1. The largest absolute Gasteiger partial charge is 0.452 e. The molecule has 0 aliphatic carbocycles. The van der Waals surface area contributed by atoms with E-state index in [4.69, 9.17) is 9.47 Å². The Balaban J connectivity index is 1.57. The molecule has 0 saturated heterocycles. The number of carbonyl (C=O) groups excluding carboxylic acids is 2. The molecule has 2 aromatic rings. The van der Waals surface area contributed by atoms with E-state index >= 15 is 0 Å². The van der Waals surface area contributed by atoms with E-state index in [2.05, 4.69) is 0 Å². The van der Waals surface area contributed by atoms with Gasteiger partial charge in [-0.05, 0) is 23.3 Å². The Morgan fingerprint density at radius 2 is 1.40 bits per heavy atom. The van der Waals surface area contributed by atoms with Crippen LogP contribution in [0.2, 0.25) is 0 Å². The second-order valence-electron chi connectivity index (χ2n) is 5.29. The summed E-state index contributed by atoms with van der Waals surface area (Å²) in [4.78, 5) is 23.4. The van der Waals surface area contributed by atoms with Crippen LogP contribution >= 0.6 is 0 Å². The van der Waals surface area contributed by atoms with Crippen molar-refractivity contribution < 1.29 is 27.5 Å². The first-order valence-corrected chi connectivity index (χ1v) is 8.89. The Bertz CT molecular complexity index is 945. The van der Waals surface area contributed by atoms with Gasteiger partial charge in [0.25, 0.3) is 0 Å². The second kappa shape index (κ2) is 6.90. The van der Waals surface area contributed by atoms with Crippen molar-refractivity contribution in [2.75, 3.05) is 6.61 Å². The van der Waals surface area contributed by atoms with E-state index in [0.29, 0.717) is 5.56 Å². The lowest BCUT2D eigenvalue weighted by Gasteiger charge is -2.06. The molecule has 0 aromatic heterocycles. The van der Waals surface area contributed by atoms with Gasteiger partial charge in [0.2, 0.25) is 9.84 Å². The van der Waals surface area contributed by atoms with E-state index < -0.39 is 28.4 Å². The number of fused-ring (bicyclic) bond motifs is 1. The normalized spacial score (nSPS) is 14.3. The molecule has 7 heteroatoms. The molecule has 1 heterocycles. The zero-order valence-corrected chi connectivity index (χ0v) is 13.9. The molecule has 0 atom stereocenters. The molecule has 0 saturated carbocycles. The Hall–Kier alpha value is -2.93. The van der Waals surface area contributed by atoms with Gasteiger partial charge in [0.15, 0.2) is 0 Å². The zero-order chi connectivity index (χ0) is 17.9. The number of ether oxygens (including phenoxy) is 2. The molecule has 0 radical (unpaired) electrons. The minimum atomic E-state index is -3.69. The van der Waals surface area contributed by atoms with Crippen LogP contribution in [0.1, 0.15) is 11.1 Å². The topological polar surface area (TPSA) is 86.7 Å². The van der Waals surface area contributed by atoms with Gasteiger partial charge < -0.3 is 9.47 Å². The number of sulfone groups is 1. The van der Waals surface area contributed by atoms with Gasteiger partial charge in [0.05, 0.1) is 9.80 Å². The van der Waals surface area contributed by atoms with Crippen molar-refractivity contribution in [1.82, 2.24) is 0 Å². The number of hydrogen-bond acceptors (Lipinski definition) is 6. The van der Waals surface area contributed by atoms with Gasteiger partial charge in [-0.15, -0.1) is 0 Å². The van der Waals surface area contributed by atoms with Crippen LogP contribution in [0.5, 0.6) is 0 Å². The summed E-state index contributed by atoms with van der Waals surface area (Å²) < 4.78 is 34.2. The van der Waals surface area contributed by atoms with Gasteiger partial charge >= 0.3 is 11.9 Å². The third kappa shape index (κ3) is 3.61. The lowest BCUT2D eigenvalue weighted by atomic mass is 10.2. The molecule has 2 aromatic carbocycles. The number of carbonyl (C=O) groups is 2. The van der Waals surface area contributed by atoms with Crippen molar-refractivity contribution in [2.45, 2.75) is 11.5 Å². The molecule has 3 rings (SSSR count). The summed E-state index contributed by atoms with van der Waals surface area (Å²) in [5, 5.41) is 0. The lowest BCUT2D eigenvalue weighted by molar-refractivity contribution is -0.167. The minimum absolute atomic E-state index is 0.0682. The van der Waals surface area contributed by atoms with Crippen LogP contribution in [-0.4, -0.2) is 27.0 Å². The molecule has 0 N–H and O–H groups in total. The maximum Gasteiger partial charge on any atom is 0.417 e. The van der Waals surface area contributed by atoms with Crippen molar-refractivity contribution in [3.63, 3.8) is 0 Å². The van der Waals surface area contributed by atoms with E-state index in [9.17, 15) is 18.0 Å². The monoisotopic (exact) mass is 358 g/mol. The third-order valence-corrected chi connectivity index (χ3v) is 5.47. The first-order chi connectivity index (χ1) is 12.0. The van der Waals surface area contributed by atoms with E-state index in [1.165, 1.54) is 12.1 Å². The first-order valence-electron chi connectivity index (χ1n) is 7.41. The summed E-state index contributed by atoms with van der Waals surface area (Å²) in [5.41, 5.74) is 1.25. The zero-order valence-electron chi connectivity index (χ0n) is 13.0. The Labute approximate surface area is 144 Å². The van der Waals surface area contributed by atoms with Gasteiger partial charge in [-0.25, -0.2) is 18.0 Å². The fraction of sp³-hybridized carbons (Fsp3) is 0.111. The molecular formula is C18H14O6S. The highest BCUT2D eigenvalue weighted by Gasteiger charge is 2.30. The maximum absolute atomic E-state index is 12.3. The quantitative estimate of drug-likeness (QED) is 0.614. The van der Waals surface area contributed by atoms with Crippen LogP contribution in [0.3, 0.4) is 0 Å². The van der Waals surface area contributed by atoms with E-state index in [-0.39, 0.29) is 16.4 Å². The van der Waals surface area contributed by atoms with Gasteiger partial charge in [-0.1, -0.05) is 48.5 Å². The van der Waals surface area contributed by atoms with Crippen LogP contribution in [0.25, 0.3) is 6.08 Å². The summed E-state index contributed by atoms with van der Waals surface area (Å²) in [5.74, 6) is -2.40. The highest BCUT2D eigenvalue weighted by atomic mass is 32.2. The average Bonchev–Trinajstić information content (AvgIpc) is 2.89. The Kier molecular flexibility index (Phi) is 4.67. The van der Waals surface area contributed by atoms with Gasteiger partial charge in [0, 0.05) is 0 Å². The van der Waals surface area contributed by atoms with Crippen molar-refractivity contribution in [2.24, 2.45) is 0 Å². The molecule has 128 valence electrons. The van der Waals surface area contributed by atoms with Gasteiger partial charge in [-0.3, -0.25) is 0 Å². The smallest absolute Gasteiger partial charge is 0.417 e. The van der Waals surface area contributed by atoms with E-state index in [1.807, 2.05) is 6.07 Å². The Morgan fingerprint density at radius 1 is 0.800 bits per heavy atom. The summed E-state index contributed by atoms with van der Waals surface area (Å²) in [6.45, 7) is -0.586. The van der Waals surface area contributed by atoms with Crippen LogP contribution in [0, 0.1) is 0 Å². The van der Waals surface area contributed by atoms with E-state index in [1.54, 1.807) is 42.5 Å². The molecular weight excluding hydrogens is 344 g/mol. The lowest BCUT2D eigenvalue weighted by Crippen LogP contribution is -2.22. The maximum atomic E-state index is 12.3. The Morgan fingerprint density at radius 3 is 2.08 bits per heavy atom. The number of hydrogen-bond donors (Lipinski definition) is 0. The number of benzene rings is 2. The summed E-state index contributed by atoms with van der Waals surface area (Å²) >= 11 is 0. The average molecular weight is 358 g/mol. The molecule has 0 unspecified atom stereocenters. The standard InChI is InChI=1S/C18H14O6S/c19-17(23-11-13-6-2-1-3-7-13)18(20)24-12-15-10-14-8-4-5-9-16(14)25(15,21)22/h1-10H,11-12H2. The highest BCUT2D eigenvalue weighted by Crippen LogP contribution is 2.32. The van der Waals surface area contributed by atoms with Crippen LogP contribution in [-0.2, 0) is 35.5 Å². The van der Waals surface area contributed by atoms with E-state index in [0.717, 1.165) is 5.56 Å². The van der Waals surface area contributed by atoms with Crippen LogP contribution in [0.15, 0.2) is 64.4 Å². The number of rotatable bonds is 4. The first kappa shape index (κ1) is 16.9. The van der Waals surface area contributed by atoms with Gasteiger partial charge in [0.1, 0.15) is 13.2 Å². The predicted molar refractivity (Wildman–Crippen MR) is 88.8 cm³/mol. The fourth-order valence-electron chi connectivity index (χ4n) is 2.33. The van der Waals surface area contributed by atoms with Crippen molar-refractivity contribution in [1.29, 1.82) is 0 Å². The van der Waals surface area contributed by atoms with Crippen molar-refractivity contribution >= 4 is 27.9 Å². The van der Waals surface area contributed by atoms with Crippen LogP contribution < -0.4 is 0 Å². The molecule has 1 aliphatic heterocycles. The molecule has 0 spiro atoms. The predicted octanol–water partition coefficient (Wildman–Crippen LogP) is 2.10. The highest BCUT2D eigenvalue weighted by molar-refractivity contribution is 7.95. The summed E-state index contributed by atoms with van der Waals surface area (Å²) in [7, 11) is -3.69. The number of esters is 2. The molecule has 0 bridgehead atoms. The fourth-order valence-corrected chi connectivity index (χ4v) is 3.81. The van der Waals surface area contributed by atoms with Crippen LogP contribution in [0.4, 0.5) is 0 Å². The molecule has 25 heavy (non-hydrogen) atoms. The summed E-state index contributed by atoms with van der Waals surface area (Å²) in [6, 6.07) is 15.3. The van der Waals surface area contributed by atoms with Gasteiger partial charge in [-0.2, -0.15) is 0 Å². The molecule has 0 amide bonds. The molecule has 1 aliphatic rings. The minimum Gasteiger partial charge on any atom is -0.452 e. The second-order valence-corrected chi connectivity index (χ2v) is 7.26. The van der Waals surface area contributed by atoms with Crippen molar-refractivity contribution in [3.05, 3.63) is 70.6 Å².